The molecule has 12 heterocycles. The van der Waals surface area contributed by atoms with Crippen LogP contribution in [0.15, 0.2) is 0 Å². The highest BCUT2D eigenvalue weighted by Crippen LogP contribution is 2.35. The second kappa shape index (κ2) is 42.4. The molecule has 0 radical (unpaired) electrons. The quantitative estimate of drug-likeness (QED) is 0.0751. The Bertz CT molecular complexity index is 1580. The van der Waals surface area contributed by atoms with Crippen LogP contribution in [0.1, 0.15) is 0 Å². The number of methoxy groups -OCH3 is 12. The van der Waals surface area contributed by atoms with E-state index in [0.29, 0.717) is 79.3 Å². The van der Waals surface area contributed by atoms with E-state index in [1.54, 1.807) is 85.3 Å². The lowest BCUT2D eigenvalue weighted by molar-refractivity contribution is -0.118. The number of fused-ring (bicyclic) bond motifs is 6. The van der Waals surface area contributed by atoms with E-state index >= 15 is 0 Å². The molecule has 24 atom stereocenters. The Morgan fingerprint density at radius 1 is 0.167 bits per heavy atom. The zero-order valence-electron chi connectivity index (χ0n) is 54.2. The van der Waals surface area contributed by atoms with Crippen LogP contribution in [0.2, 0.25) is 0 Å². The van der Waals surface area contributed by atoms with Gasteiger partial charge in [0, 0.05) is 85.3 Å². The van der Waals surface area contributed by atoms with Crippen LogP contribution in [-0.4, -0.2) is 372 Å². The van der Waals surface area contributed by atoms with Crippen molar-refractivity contribution >= 4 is 0 Å². The highest BCUT2D eigenvalue weighted by Gasteiger charge is 2.53. The van der Waals surface area contributed by atoms with Crippen LogP contribution < -0.4 is 0 Å². The van der Waals surface area contributed by atoms with Crippen molar-refractivity contribution in [1.82, 2.24) is 0 Å². The summed E-state index contributed by atoms with van der Waals surface area (Å²) in [4.78, 5) is 0. The lowest BCUT2D eigenvalue weighted by atomic mass is 10.1. The first-order chi connectivity index (χ1) is 44.2. The van der Waals surface area contributed by atoms with E-state index in [-0.39, 0.29) is 208 Å². The van der Waals surface area contributed by atoms with Crippen molar-refractivity contribution in [2.75, 3.05) is 226 Å². The Morgan fingerprint density at radius 2 is 0.267 bits per heavy atom. The van der Waals surface area contributed by atoms with E-state index in [1.165, 1.54) is 0 Å². The van der Waals surface area contributed by atoms with Gasteiger partial charge in [0.15, 0.2) is 0 Å². The molecule has 0 spiro atoms. The Morgan fingerprint density at radius 3 is 0.367 bits per heavy atom. The normalized spacial score (nSPS) is 39.6. The molecule has 528 valence electrons. The number of ether oxygens (including phenoxy) is 33. The zero-order chi connectivity index (χ0) is 64.0. The van der Waals surface area contributed by atoms with Crippen molar-refractivity contribution in [3.05, 3.63) is 0 Å². The molecule has 12 fully saturated rings. The number of hydrogen-bond acceptors (Lipinski definition) is 33. The van der Waals surface area contributed by atoms with Gasteiger partial charge in [-0.1, -0.05) is 0 Å². The molecule has 0 aromatic heterocycles. The van der Waals surface area contributed by atoms with Gasteiger partial charge in [-0.25, -0.2) is 0 Å². The maximum atomic E-state index is 5.61. The standard InChI is InChI=1S/3C10H18O6.3C9H16O5/c3*1-11-5-15-7-3-13-10-8(16-6-12-2)4-14-9(7)10;3*1-10-5-14-7-4-13-8-6(11-2)3-12-9(7)8/h3*7-10H,3-6H2,1-2H3;3*6-9H,3-5H2,1-2H3/t7-,8+,9-,10-;7-,8-,9+,10+;7-,8-,9-,10-;6-,7+,8?,9?;2*6-,7-,8?,9?/m101010/s1. The topological polar surface area (TPSA) is 305 Å². The van der Waals surface area contributed by atoms with Crippen LogP contribution in [0.3, 0.4) is 0 Å². The third-order valence-corrected chi connectivity index (χ3v) is 16.3. The maximum absolute atomic E-state index is 5.61. The van der Waals surface area contributed by atoms with E-state index in [1.807, 2.05) is 0 Å². The third kappa shape index (κ3) is 21.3. The second-order valence-corrected chi connectivity index (χ2v) is 21.9. The minimum atomic E-state index is -0.0684. The molecule has 0 amide bonds. The van der Waals surface area contributed by atoms with Crippen molar-refractivity contribution < 1.29 is 156 Å². The summed E-state index contributed by atoms with van der Waals surface area (Å²) in [7, 11) is 19.3. The minimum absolute atomic E-state index is 0.00454. The lowest BCUT2D eigenvalue weighted by Gasteiger charge is -2.16. The number of rotatable bonds is 30. The first kappa shape index (κ1) is 76.1. The Kier molecular flexibility index (Phi) is 35.8. The van der Waals surface area contributed by atoms with Gasteiger partial charge >= 0.3 is 0 Å². The first-order valence-electron chi connectivity index (χ1n) is 30.1. The van der Waals surface area contributed by atoms with E-state index in [0.717, 1.165) is 0 Å². The SMILES string of the molecule is COCO[C@@H]1COC2C1OC[C@@H]2OC.COCO[C@@H]1COC2C1OC[C@H]2OC.COCO[C@@H]1CO[C@H]2[C@@H]1OC[C@H]2OCOC.COCO[C@H]1COC2C1OC[C@@H]2OC.COCO[C@H]1CO[C@H]2[C@@H]1OC[C@@H]2OCOC.COCO[C@H]1CO[C@H]2[C@@H]1OC[C@H]2OCOC. The average Bonchev–Trinajstić information content (AvgIpc) is 2.90. The molecule has 0 saturated carbocycles. The molecule has 12 saturated heterocycles. The molecule has 6 unspecified atom stereocenters. The van der Waals surface area contributed by atoms with Gasteiger partial charge < -0.3 is 156 Å². The highest BCUT2D eigenvalue weighted by atomic mass is 16.8. The van der Waals surface area contributed by atoms with Gasteiger partial charge in [-0.3, -0.25) is 0 Å². The maximum Gasteiger partial charge on any atom is 0.146 e. The fourth-order valence-electron chi connectivity index (χ4n) is 11.9. The van der Waals surface area contributed by atoms with Gasteiger partial charge in [0.05, 0.1) is 79.3 Å². The van der Waals surface area contributed by atoms with Crippen molar-refractivity contribution in [3.8, 4) is 0 Å². The summed E-state index contributed by atoms with van der Waals surface area (Å²) in [5.41, 5.74) is 0. The molecular weight excluding hydrogens is 1210 g/mol. The van der Waals surface area contributed by atoms with E-state index in [2.05, 4.69) is 0 Å². The van der Waals surface area contributed by atoms with Gasteiger partial charge in [0.25, 0.3) is 0 Å². The molecule has 12 aliphatic rings. The molecule has 0 aromatic carbocycles. The predicted molar refractivity (Wildman–Crippen MR) is 300 cm³/mol. The Balaban J connectivity index is 0.000000154. The fraction of sp³-hybridized carbons (Fsp3) is 1.00. The van der Waals surface area contributed by atoms with Crippen LogP contribution >= 0.6 is 0 Å². The summed E-state index contributed by atoms with van der Waals surface area (Å²) in [6.07, 6.45) is -0.696. The Hall–Kier alpha value is -1.32. The van der Waals surface area contributed by atoms with E-state index in [9.17, 15) is 0 Å². The van der Waals surface area contributed by atoms with Crippen LogP contribution in [0.4, 0.5) is 0 Å². The van der Waals surface area contributed by atoms with E-state index < -0.39 is 0 Å². The molecule has 33 heteroatoms. The predicted octanol–water partition coefficient (Wildman–Crippen LogP) is -1.35. The van der Waals surface area contributed by atoms with Crippen LogP contribution in [0.5, 0.6) is 0 Å². The fourth-order valence-corrected chi connectivity index (χ4v) is 11.9. The van der Waals surface area contributed by atoms with E-state index in [4.69, 9.17) is 156 Å². The van der Waals surface area contributed by atoms with Crippen LogP contribution in [0, 0.1) is 0 Å². The van der Waals surface area contributed by atoms with Crippen LogP contribution in [-0.2, 0) is 156 Å². The van der Waals surface area contributed by atoms with Gasteiger partial charge in [-0.05, 0) is 0 Å². The largest absolute Gasteiger partial charge is 0.376 e. The smallest absolute Gasteiger partial charge is 0.146 e. The molecular formula is C57H102O33. The van der Waals surface area contributed by atoms with Crippen molar-refractivity contribution in [2.45, 2.75) is 146 Å². The molecule has 12 rings (SSSR count). The van der Waals surface area contributed by atoms with Crippen molar-refractivity contribution in [1.29, 1.82) is 0 Å². The van der Waals surface area contributed by atoms with Crippen molar-refractivity contribution in [3.63, 3.8) is 0 Å². The second-order valence-electron chi connectivity index (χ2n) is 21.9. The average molecular weight is 1320 g/mol. The van der Waals surface area contributed by atoms with Gasteiger partial charge in [0.1, 0.15) is 208 Å². The minimum Gasteiger partial charge on any atom is -0.376 e. The molecule has 90 heavy (non-hydrogen) atoms. The summed E-state index contributed by atoms with van der Waals surface area (Å²) in [6.45, 7) is 8.88. The van der Waals surface area contributed by atoms with Crippen molar-refractivity contribution in [2.24, 2.45) is 0 Å². The van der Waals surface area contributed by atoms with Gasteiger partial charge in [-0.2, -0.15) is 0 Å². The molecule has 0 bridgehead atoms. The van der Waals surface area contributed by atoms with Gasteiger partial charge in [0.2, 0.25) is 0 Å². The number of hydrogen-bond donors (Lipinski definition) is 0. The highest BCUT2D eigenvalue weighted by molar-refractivity contribution is 5.00. The summed E-state index contributed by atoms with van der Waals surface area (Å²) in [5.74, 6) is 0. The summed E-state index contributed by atoms with van der Waals surface area (Å²) >= 11 is 0. The zero-order valence-corrected chi connectivity index (χ0v) is 54.2. The monoisotopic (exact) mass is 1310 g/mol. The summed E-state index contributed by atoms with van der Waals surface area (Å²) in [5, 5.41) is 0. The first-order valence-corrected chi connectivity index (χ1v) is 30.1. The molecule has 33 nitrogen and oxygen atoms in total. The van der Waals surface area contributed by atoms with Gasteiger partial charge in [-0.15, -0.1) is 0 Å². The van der Waals surface area contributed by atoms with Crippen LogP contribution in [0.25, 0.3) is 0 Å². The molecule has 0 N–H and O–H groups in total. The Labute approximate surface area is 527 Å². The molecule has 0 aliphatic carbocycles. The molecule has 12 aliphatic heterocycles. The summed E-state index contributed by atoms with van der Waals surface area (Å²) in [6, 6.07) is 0. The third-order valence-electron chi connectivity index (χ3n) is 16.3. The summed E-state index contributed by atoms with van der Waals surface area (Å²) < 4.78 is 175. The lowest BCUT2D eigenvalue weighted by Crippen LogP contribution is -2.34. The molecule has 0 aromatic rings.